The van der Waals surface area contributed by atoms with Crippen LogP contribution in [-0.2, 0) is 21.2 Å². The Labute approximate surface area is 272 Å². The molecule has 0 bridgehead atoms. The number of amides is 1. The molecular weight excluding hydrogens is 626 g/mol. The lowest BCUT2D eigenvalue weighted by Crippen LogP contribution is -2.39. The first-order valence-corrected chi connectivity index (χ1v) is 16.4. The third-order valence-corrected chi connectivity index (χ3v) is 9.14. The van der Waals surface area contributed by atoms with Crippen LogP contribution in [0.3, 0.4) is 0 Å². The molecule has 3 aromatic carbocycles. The van der Waals surface area contributed by atoms with Gasteiger partial charge >= 0.3 is 5.97 Å². The SMILES string of the molecule is COc1ccc(OC)c(S(=O)(=O)NC2CCC(Oc3ccc(Oc4ccc(CC(=O)Nc5ccccc5C(=O)O)cn4)cc3)CC2)c1. The van der Waals surface area contributed by atoms with Gasteiger partial charge in [0, 0.05) is 24.4 Å². The minimum atomic E-state index is -3.82. The van der Waals surface area contributed by atoms with Gasteiger partial charge in [0.1, 0.15) is 27.9 Å². The first-order chi connectivity index (χ1) is 22.6. The molecule has 12 nitrogen and oxygen atoms in total. The van der Waals surface area contributed by atoms with Crippen LogP contribution in [0.5, 0.6) is 28.9 Å². The number of hydrogen-bond acceptors (Lipinski definition) is 9. The monoisotopic (exact) mass is 661 g/mol. The highest BCUT2D eigenvalue weighted by Crippen LogP contribution is 2.31. The van der Waals surface area contributed by atoms with Crippen LogP contribution in [-0.4, -0.2) is 56.8 Å². The zero-order valence-corrected chi connectivity index (χ0v) is 26.7. The van der Waals surface area contributed by atoms with E-state index in [0.29, 0.717) is 54.4 Å². The van der Waals surface area contributed by atoms with Crippen molar-refractivity contribution in [1.82, 2.24) is 9.71 Å². The summed E-state index contributed by atoms with van der Waals surface area (Å²) in [5.41, 5.74) is 0.876. The molecule has 1 aliphatic rings. The number of hydrogen-bond donors (Lipinski definition) is 3. The van der Waals surface area contributed by atoms with E-state index in [-0.39, 0.29) is 46.4 Å². The summed E-state index contributed by atoms with van der Waals surface area (Å²) < 4.78 is 51.4. The molecule has 1 amide bonds. The standard InChI is InChI=1S/C34H35N3O9S/c1-43-27-16-17-30(44-2)31(20-27)47(41,42)37-23-8-10-24(11-9-23)45-25-12-14-26(15-13-25)46-33-18-7-22(21-35-33)19-32(38)36-29-6-4-3-5-28(29)34(39)40/h3-7,12-18,20-21,23-24,37H,8-11,19H2,1-2H3,(H,36,38)(H,39,40). The van der Waals surface area contributed by atoms with E-state index in [1.165, 1.54) is 38.6 Å². The number of para-hydroxylation sites is 1. The maximum absolute atomic E-state index is 13.1. The quantitative estimate of drug-likeness (QED) is 0.168. The molecule has 0 spiro atoms. The maximum Gasteiger partial charge on any atom is 0.337 e. The number of aromatic nitrogens is 1. The van der Waals surface area contributed by atoms with Crippen molar-refractivity contribution in [2.45, 2.75) is 49.1 Å². The first kappa shape index (κ1) is 33.2. The maximum atomic E-state index is 13.1. The van der Waals surface area contributed by atoms with Crippen molar-refractivity contribution in [3.05, 3.63) is 96.2 Å². The second-order valence-electron chi connectivity index (χ2n) is 10.9. The van der Waals surface area contributed by atoms with Crippen molar-refractivity contribution < 1.29 is 42.1 Å². The molecule has 3 N–H and O–H groups in total. The number of carboxylic acids is 1. The van der Waals surface area contributed by atoms with Crippen molar-refractivity contribution in [3.8, 4) is 28.9 Å². The van der Waals surface area contributed by atoms with Crippen LogP contribution in [0.25, 0.3) is 0 Å². The van der Waals surface area contributed by atoms with Gasteiger partial charge in [-0.15, -0.1) is 0 Å². The number of benzene rings is 3. The highest BCUT2D eigenvalue weighted by Gasteiger charge is 2.29. The molecule has 0 unspecified atom stereocenters. The predicted octanol–water partition coefficient (Wildman–Crippen LogP) is 5.44. The summed E-state index contributed by atoms with van der Waals surface area (Å²) >= 11 is 0. The lowest BCUT2D eigenvalue weighted by molar-refractivity contribution is -0.115. The van der Waals surface area contributed by atoms with Gasteiger partial charge in [0.05, 0.1) is 38.0 Å². The van der Waals surface area contributed by atoms with E-state index >= 15 is 0 Å². The van der Waals surface area contributed by atoms with Crippen LogP contribution in [0.1, 0.15) is 41.6 Å². The molecule has 4 aromatic rings. The summed E-state index contributed by atoms with van der Waals surface area (Å²) in [5, 5.41) is 11.9. The molecule has 5 rings (SSSR count). The fraction of sp³-hybridized carbons (Fsp3) is 0.265. The van der Waals surface area contributed by atoms with Gasteiger partial charge in [0.15, 0.2) is 0 Å². The molecule has 0 saturated heterocycles. The van der Waals surface area contributed by atoms with Crippen molar-refractivity contribution in [3.63, 3.8) is 0 Å². The van der Waals surface area contributed by atoms with E-state index in [1.54, 1.807) is 60.7 Å². The Morgan fingerprint density at radius 1 is 0.872 bits per heavy atom. The van der Waals surface area contributed by atoms with Gasteiger partial charge < -0.3 is 29.4 Å². The minimum Gasteiger partial charge on any atom is -0.497 e. The molecule has 0 aliphatic heterocycles. The Bertz CT molecular complexity index is 1810. The average molecular weight is 662 g/mol. The number of methoxy groups -OCH3 is 2. The summed E-state index contributed by atoms with van der Waals surface area (Å²) in [7, 11) is -0.913. The van der Waals surface area contributed by atoms with E-state index in [4.69, 9.17) is 18.9 Å². The summed E-state index contributed by atoms with van der Waals surface area (Å²) in [6.45, 7) is 0. The Kier molecular flexibility index (Phi) is 10.6. The smallest absolute Gasteiger partial charge is 0.337 e. The normalized spacial score (nSPS) is 16.1. The van der Waals surface area contributed by atoms with Crippen molar-refractivity contribution >= 4 is 27.6 Å². The molecule has 1 heterocycles. The van der Waals surface area contributed by atoms with Crippen molar-refractivity contribution in [2.75, 3.05) is 19.5 Å². The topological polar surface area (TPSA) is 162 Å². The number of rotatable bonds is 13. The zero-order chi connectivity index (χ0) is 33.4. The van der Waals surface area contributed by atoms with Crippen LogP contribution in [0.4, 0.5) is 5.69 Å². The number of aromatic carboxylic acids is 1. The van der Waals surface area contributed by atoms with E-state index in [9.17, 15) is 23.1 Å². The first-order valence-electron chi connectivity index (χ1n) is 14.9. The minimum absolute atomic E-state index is 0.0120. The van der Waals surface area contributed by atoms with Gasteiger partial charge in [0.25, 0.3) is 0 Å². The van der Waals surface area contributed by atoms with E-state index in [1.807, 2.05) is 0 Å². The highest BCUT2D eigenvalue weighted by molar-refractivity contribution is 7.89. The molecule has 0 radical (unpaired) electrons. The van der Waals surface area contributed by atoms with Gasteiger partial charge in [-0.05, 0) is 79.8 Å². The van der Waals surface area contributed by atoms with Crippen molar-refractivity contribution in [1.29, 1.82) is 0 Å². The van der Waals surface area contributed by atoms with E-state index in [2.05, 4.69) is 15.0 Å². The number of carboxylic acid groups (broad SMARTS) is 1. The molecule has 1 fully saturated rings. The molecular formula is C34H35N3O9S. The Morgan fingerprint density at radius 3 is 2.23 bits per heavy atom. The number of sulfonamides is 1. The number of carbonyl (C=O) groups excluding carboxylic acids is 1. The molecule has 13 heteroatoms. The fourth-order valence-corrected chi connectivity index (χ4v) is 6.70. The van der Waals surface area contributed by atoms with Gasteiger partial charge in [-0.2, -0.15) is 0 Å². The van der Waals surface area contributed by atoms with E-state index < -0.39 is 16.0 Å². The third kappa shape index (κ3) is 8.77. The van der Waals surface area contributed by atoms with Crippen LogP contribution in [0, 0.1) is 0 Å². The second kappa shape index (κ2) is 15.0. The number of ether oxygens (including phenoxy) is 4. The zero-order valence-electron chi connectivity index (χ0n) is 25.8. The lowest BCUT2D eigenvalue weighted by Gasteiger charge is -2.29. The van der Waals surface area contributed by atoms with Gasteiger partial charge in [0.2, 0.25) is 21.8 Å². The number of pyridine rings is 1. The van der Waals surface area contributed by atoms with Crippen LogP contribution in [0.15, 0.2) is 90.0 Å². The largest absolute Gasteiger partial charge is 0.497 e. The van der Waals surface area contributed by atoms with Crippen molar-refractivity contribution in [2.24, 2.45) is 0 Å². The van der Waals surface area contributed by atoms with Crippen LogP contribution in [0.2, 0.25) is 0 Å². The number of nitrogens with zero attached hydrogens (tertiary/aromatic N) is 1. The third-order valence-electron chi connectivity index (χ3n) is 7.60. The second-order valence-corrected chi connectivity index (χ2v) is 12.6. The Balaban J connectivity index is 1.08. The molecule has 1 aromatic heterocycles. The van der Waals surface area contributed by atoms with E-state index in [0.717, 1.165) is 0 Å². The van der Waals surface area contributed by atoms with Gasteiger partial charge in [-0.25, -0.2) is 22.9 Å². The van der Waals surface area contributed by atoms with Gasteiger partial charge in [-0.1, -0.05) is 18.2 Å². The molecule has 47 heavy (non-hydrogen) atoms. The molecule has 1 aliphatic carbocycles. The summed E-state index contributed by atoms with van der Waals surface area (Å²) in [5.74, 6) is 0.739. The van der Waals surface area contributed by atoms with Gasteiger partial charge in [-0.3, -0.25) is 4.79 Å². The summed E-state index contributed by atoms with van der Waals surface area (Å²) in [4.78, 5) is 28.1. The average Bonchev–Trinajstić information content (AvgIpc) is 3.07. The summed E-state index contributed by atoms with van der Waals surface area (Å²) in [6, 6.07) is 21.1. The molecule has 1 saturated carbocycles. The predicted molar refractivity (Wildman–Crippen MR) is 173 cm³/mol. The number of nitrogens with one attached hydrogen (secondary N) is 2. The fourth-order valence-electron chi connectivity index (χ4n) is 5.21. The van der Waals surface area contributed by atoms with Crippen LogP contribution < -0.4 is 29.0 Å². The Hall–Kier alpha value is -5.14. The number of anilines is 1. The molecule has 246 valence electrons. The summed E-state index contributed by atoms with van der Waals surface area (Å²) in [6.07, 6.45) is 4.09. The lowest BCUT2D eigenvalue weighted by atomic mass is 9.94. The molecule has 0 atom stereocenters. The number of carbonyl (C=O) groups is 2. The Morgan fingerprint density at radius 2 is 1.57 bits per heavy atom. The van der Waals surface area contributed by atoms with Crippen LogP contribution >= 0.6 is 0 Å². The highest BCUT2D eigenvalue weighted by atomic mass is 32.2.